The Bertz CT molecular complexity index is 1310. The number of pyridine rings is 1. The van der Waals surface area contributed by atoms with Gasteiger partial charge in [-0.1, -0.05) is 49.8 Å². The van der Waals surface area contributed by atoms with E-state index < -0.39 is 10.0 Å². The Morgan fingerprint density at radius 1 is 0.973 bits per heavy atom. The Balaban J connectivity index is 1.34. The van der Waals surface area contributed by atoms with Crippen molar-refractivity contribution in [2.75, 3.05) is 50.7 Å². The summed E-state index contributed by atoms with van der Waals surface area (Å²) < 4.78 is 27.6. The van der Waals surface area contributed by atoms with E-state index in [4.69, 9.17) is 17.2 Å². The van der Waals surface area contributed by atoms with Crippen LogP contribution in [0.1, 0.15) is 37.8 Å². The number of aryl methyl sites for hydroxylation is 1. The summed E-state index contributed by atoms with van der Waals surface area (Å²) in [6.07, 6.45) is 2.91. The fourth-order valence-corrected chi connectivity index (χ4v) is 6.56. The molecule has 198 valence electrons. The van der Waals surface area contributed by atoms with Crippen molar-refractivity contribution in [1.29, 1.82) is 0 Å². The molecule has 1 aliphatic rings. The number of benzene rings is 2. The molecule has 8 heteroatoms. The molecular formula is C29H38N4O2S2. The number of fused-ring (bicyclic) bond motifs is 1. The fourth-order valence-electron chi connectivity index (χ4n) is 4.82. The predicted molar refractivity (Wildman–Crippen MR) is 157 cm³/mol. The van der Waals surface area contributed by atoms with Crippen LogP contribution in [0.15, 0.2) is 59.5 Å². The highest BCUT2D eigenvalue weighted by Gasteiger charge is 2.28. The van der Waals surface area contributed by atoms with E-state index in [1.165, 1.54) is 5.56 Å². The molecule has 0 atom stereocenters. The second-order valence-corrected chi connectivity index (χ2v) is 12.3. The number of aromatic nitrogens is 1. The van der Waals surface area contributed by atoms with Gasteiger partial charge in [0, 0.05) is 38.0 Å². The van der Waals surface area contributed by atoms with Crippen molar-refractivity contribution in [3.05, 3.63) is 65.7 Å². The molecule has 37 heavy (non-hydrogen) atoms. The minimum Gasteiger partial charge on any atom is -0.354 e. The number of thiocarbonyl (C=S) groups is 1. The standard InChI is InChI=1S/C29H38N4O2S2/c1-4-31(5-2)16-6-7-26(36)22-24-10-14-28-25(21-24)11-15-29(30-28)32-17-19-33(20-18-32)37(34,35)27-12-8-23(3)9-13-27/h8-15,21H,4-7,16-20,22H2,1-3H3. The summed E-state index contributed by atoms with van der Waals surface area (Å²) in [5.41, 5.74) is 3.22. The summed E-state index contributed by atoms with van der Waals surface area (Å²) in [6, 6.07) is 17.6. The summed E-state index contributed by atoms with van der Waals surface area (Å²) >= 11 is 5.67. The summed E-state index contributed by atoms with van der Waals surface area (Å²) in [5, 5.41) is 1.10. The first-order chi connectivity index (χ1) is 17.8. The fraction of sp³-hybridized carbons (Fsp3) is 0.448. The number of piperazine rings is 1. The van der Waals surface area contributed by atoms with Gasteiger partial charge in [-0.05, 0) is 86.2 Å². The van der Waals surface area contributed by atoms with Gasteiger partial charge in [-0.15, -0.1) is 0 Å². The molecule has 6 nitrogen and oxygen atoms in total. The maximum absolute atomic E-state index is 13.0. The topological polar surface area (TPSA) is 56.8 Å². The minimum absolute atomic E-state index is 0.356. The van der Waals surface area contributed by atoms with E-state index >= 15 is 0 Å². The second kappa shape index (κ2) is 12.4. The van der Waals surface area contributed by atoms with Crippen LogP contribution in [0, 0.1) is 6.92 Å². The first kappa shape index (κ1) is 27.6. The number of hydrogen-bond acceptors (Lipinski definition) is 6. The van der Waals surface area contributed by atoms with Gasteiger partial charge in [-0.25, -0.2) is 13.4 Å². The van der Waals surface area contributed by atoms with E-state index in [1.807, 2.05) is 25.1 Å². The maximum Gasteiger partial charge on any atom is 0.243 e. The second-order valence-electron chi connectivity index (χ2n) is 9.75. The molecule has 0 N–H and O–H groups in total. The maximum atomic E-state index is 13.0. The molecule has 1 fully saturated rings. The third-order valence-electron chi connectivity index (χ3n) is 7.19. The molecule has 4 rings (SSSR count). The molecule has 1 saturated heterocycles. The molecule has 1 aromatic heterocycles. The Morgan fingerprint density at radius 3 is 2.35 bits per heavy atom. The van der Waals surface area contributed by atoms with Crippen LogP contribution in [0.4, 0.5) is 5.82 Å². The SMILES string of the molecule is CCN(CC)CCCC(=S)Cc1ccc2nc(N3CCN(S(=O)(=O)c4ccc(C)cc4)CC3)ccc2c1. The van der Waals surface area contributed by atoms with Gasteiger partial charge in [0.2, 0.25) is 10.0 Å². The molecule has 2 aromatic carbocycles. The number of hydrogen-bond donors (Lipinski definition) is 0. The van der Waals surface area contributed by atoms with Crippen LogP contribution >= 0.6 is 12.2 Å². The van der Waals surface area contributed by atoms with Crippen LogP contribution in [-0.4, -0.2) is 73.3 Å². The van der Waals surface area contributed by atoms with E-state index in [-0.39, 0.29) is 0 Å². The van der Waals surface area contributed by atoms with E-state index in [1.54, 1.807) is 16.4 Å². The van der Waals surface area contributed by atoms with Crippen LogP contribution in [0.3, 0.4) is 0 Å². The summed E-state index contributed by atoms with van der Waals surface area (Å²) in [6.45, 7) is 11.8. The molecule has 0 spiro atoms. The lowest BCUT2D eigenvalue weighted by molar-refractivity contribution is 0.302. The van der Waals surface area contributed by atoms with Gasteiger partial charge < -0.3 is 9.80 Å². The minimum atomic E-state index is -3.47. The Labute approximate surface area is 227 Å². The van der Waals surface area contributed by atoms with Crippen molar-refractivity contribution in [2.24, 2.45) is 0 Å². The number of nitrogens with zero attached hydrogens (tertiary/aromatic N) is 4. The monoisotopic (exact) mass is 538 g/mol. The zero-order valence-corrected chi connectivity index (χ0v) is 23.8. The lowest BCUT2D eigenvalue weighted by Gasteiger charge is -2.34. The van der Waals surface area contributed by atoms with Gasteiger partial charge in [0.25, 0.3) is 0 Å². The van der Waals surface area contributed by atoms with Crippen LogP contribution in [0.5, 0.6) is 0 Å². The van der Waals surface area contributed by atoms with Crippen molar-refractivity contribution in [3.8, 4) is 0 Å². The first-order valence-electron chi connectivity index (χ1n) is 13.3. The van der Waals surface area contributed by atoms with Crippen LogP contribution < -0.4 is 4.90 Å². The summed E-state index contributed by atoms with van der Waals surface area (Å²) in [4.78, 5) is 10.9. The molecule has 0 radical (unpaired) electrons. The molecule has 3 aromatic rings. The van der Waals surface area contributed by atoms with Crippen molar-refractivity contribution in [3.63, 3.8) is 0 Å². The molecule has 0 aliphatic carbocycles. The van der Waals surface area contributed by atoms with Gasteiger partial charge >= 0.3 is 0 Å². The van der Waals surface area contributed by atoms with Crippen molar-refractivity contribution in [1.82, 2.24) is 14.2 Å². The van der Waals surface area contributed by atoms with Gasteiger partial charge in [0.1, 0.15) is 5.82 Å². The Morgan fingerprint density at radius 2 is 1.68 bits per heavy atom. The Hall–Kier alpha value is -2.39. The van der Waals surface area contributed by atoms with E-state index in [9.17, 15) is 8.42 Å². The van der Waals surface area contributed by atoms with Gasteiger partial charge in [0.05, 0.1) is 10.4 Å². The average Bonchev–Trinajstić information content (AvgIpc) is 2.91. The lowest BCUT2D eigenvalue weighted by atomic mass is 10.0. The van der Waals surface area contributed by atoms with E-state index in [2.05, 4.69) is 47.9 Å². The molecule has 0 amide bonds. The highest BCUT2D eigenvalue weighted by Crippen LogP contribution is 2.23. The third kappa shape index (κ3) is 6.93. The van der Waals surface area contributed by atoms with Gasteiger partial charge in [0.15, 0.2) is 0 Å². The molecule has 1 aliphatic heterocycles. The summed E-state index contributed by atoms with van der Waals surface area (Å²) in [5.74, 6) is 0.888. The zero-order valence-electron chi connectivity index (χ0n) is 22.2. The van der Waals surface area contributed by atoms with E-state index in [0.717, 1.165) is 66.0 Å². The molecule has 0 unspecified atom stereocenters. The van der Waals surface area contributed by atoms with Crippen molar-refractivity contribution in [2.45, 2.75) is 44.9 Å². The largest absolute Gasteiger partial charge is 0.354 e. The first-order valence-corrected chi connectivity index (χ1v) is 15.1. The normalized spacial score (nSPS) is 15.0. The van der Waals surface area contributed by atoms with Crippen LogP contribution in [0.25, 0.3) is 10.9 Å². The Kier molecular flexibility index (Phi) is 9.29. The highest BCUT2D eigenvalue weighted by atomic mass is 32.2. The summed E-state index contributed by atoms with van der Waals surface area (Å²) in [7, 11) is -3.47. The number of rotatable bonds is 11. The number of sulfonamides is 1. The van der Waals surface area contributed by atoms with Crippen molar-refractivity contribution < 1.29 is 8.42 Å². The van der Waals surface area contributed by atoms with Crippen LogP contribution in [-0.2, 0) is 16.4 Å². The smallest absolute Gasteiger partial charge is 0.243 e. The quantitative estimate of drug-likeness (QED) is 0.317. The molecule has 0 saturated carbocycles. The molecule has 2 heterocycles. The highest BCUT2D eigenvalue weighted by molar-refractivity contribution is 7.89. The van der Waals surface area contributed by atoms with Gasteiger partial charge in [-0.3, -0.25) is 0 Å². The number of anilines is 1. The molecule has 0 bridgehead atoms. The van der Waals surface area contributed by atoms with Gasteiger partial charge in [-0.2, -0.15) is 4.31 Å². The van der Waals surface area contributed by atoms with Crippen LogP contribution in [0.2, 0.25) is 0 Å². The van der Waals surface area contributed by atoms with Crippen molar-refractivity contribution >= 4 is 43.8 Å². The molecular weight excluding hydrogens is 500 g/mol. The van der Waals surface area contributed by atoms with E-state index in [0.29, 0.717) is 31.1 Å². The zero-order chi connectivity index (χ0) is 26.4. The predicted octanol–water partition coefficient (Wildman–Crippen LogP) is 5.09. The average molecular weight is 539 g/mol. The third-order valence-corrected chi connectivity index (χ3v) is 9.45. The lowest BCUT2D eigenvalue weighted by Crippen LogP contribution is -2.48.